The molecule has 8 heteroatoms. The Morgan fingerprint density at radius 3 is 1.97 bits per heavy atom. The summed E-state index contributed by atoms with van der Waals surface area (Å²) < 4.78 is 16.5. The summed E-state index contributed by atoms with van der Waals surface area (Å²) in [7, 11) is 0. The number of amides is 1. The average Bonchev–Trinajstić information content (AvgIpc) is 2.83. The molecule has 0 aliphatic rings. The van der Waals surface area contributed by atoms with Crippen molar-refractivity contribution >= 4 is 18.0 Å². The number of carboxylic acid groups (broad SMARTS) is 1. The average molecular weight is 492 g/mol. The molecule has 0 aromatic heterocycles. The Kier molecular flexibility index (Phi) is 8.67. The molecule has 0 saturated heterocycles. The summed E-state index contributed by atoms with van der Waals surface area (Å²) in [4.78, 5) is 36.2. The molecule has 8 nitrogen and oxygen atoms in total. The van der Waals surface area contributed by atoms with E-state index in [2.05, 4.69) is 5.32 Å². The first kappa shape index (κ1) is 26.3. The van der Waals surface area contributed by atoms with Crippen molar-refractivity contribution in [3.05, 3.63) is 95.6 Å². The fourth-order valence-corrected chi connectivity index (χ4v) is 3.20. The number of aromatic carboxylic acids is 1. The van der Waals surface area contributed by atoms with E-state index in [0.717, 1.165) is 11.1 Å². The Balaban J connectivity index is 1.66. The Bertz CT molecular complexity index is 1170. The molecule has 0 bridgehead atoms. The first-order chi connectivity index (χ1) is 17.1. The van der Waals surface area contributed by atoms with Crippen molar-refractivity contribution in [1.29, 1.82) is 0 Å². The number of alkyl carbamates (subject to hydrolysis) is 1. The number of hydrogen-bond acceptors (Lipinski definition) is 6. The zero-order valence-corrected chi connectivity index (χ0v) is 20.4. The van der Waals surface area contributed by atoms with Crippen molar-refractivity contribution in [1.82, 2.24) is 5.32 Å². The summed E-state index contributed by atoms with van der Waals surface area (Å²) in [5.74, 6) is -0.571. The van der Waals surface area contributed by atoms with Gasteiger partial charge in [0.25, 0.3) is 0 Å². The third-order valence-electron chi connectivity index (χ3n) is 4.90. The van der Waals surface area contributed by atoms with E-state index in [9.17, 15) is 14.4 Å². The molecule has 1 amide bonds. The molecule has 0 fully saturated rings. The second-order valence-electron chi connectivity index (χ2n) is 9.07. The van der Waals surface area contributed by atoms with Gasteiger partial charge in [0.1, 0.15) is 29.7 Å². The van der Waals surface area contributed by atoms with Gasteiger partial charge < -0.3 is 24.6 Å². The van der Waals surface area contributed by atoms with E-state index in [1.54, 1.807) is 57.2 Å². The molecule has 0 radical (unpaired) electrons. The van der Waals surface area contributed by atoms with Gasteiger partial charge >= 0.3 is 18.0 Å². The SMILES string of the molecule is CC(C)(C)OC(=O)NC(Cc1ccc(Oc2ccc(C(=O)O)cc2)cc1)C(=O)OCc1ccccc1. The van der Waals surface area contributed by atoms with Crippen LogP contribution < -0.4 is 10.1 Å². The van der Waals surface area contributed by atoms with E-state index < -0.39 is 29.7 Å². The Morgan fingerprint density at radius 1 is 0.833 bits per heavy atom. The van der Waals surface area contributed by atoms with Crippen LogP contribution in [-0.2, 0) is 27.3 Å². The maximum atomic E-state index is 12.8. The minimum atomic E-state index is -1.01. The molecule has 3 aromatic carbocycles. The molecule has 2 N–H and O–H groups in total. The van der Waals surface area contributed by atoms with Gasteiger partial charge in [0.2, 0.25) is 0 Å². The van der Waals surface area contributed by atoms with Crippen molar-refractivity contribution in [2.24, 2.45) is 0 Å². The molecule has 0 saturated carbocycles. The van der Waals surface area contributed by atoms with Crippen molar-refractivity contribution in [3.8, 4) is 11.5 Å². The summed E-state index contributed by atoms with van der Waals surface area (Å²) in [6.07, 6.45) is -0.533. The summed E-state index contributed by atoms with van der Waals surface area (Å²) in [5.41, 5.74) is 1.05. The maximum Gasteiger partial charge on any atom is 0.408 e. The first-order valence-electron chi connectivity index (χ1n) is 11.4. The van der Waals surface area contributed by atoms with Gasteiger partial charge in [-0.1, -0.05) is 42.5 Å². The Morgan fingerprint density at radius 2 is 1.42 bits per heavy atom. The van der Waals surface area contributed by atoms with Crippen LogP contribution in [0.15, 0.2) is 78.9 Å². The van der Waals surface area contributed by atoms with Crippen molar-refractivity contribution in [2.45, 2.75) is 45.4 Å². The van der Waals surface area contributed by atoms with Crippen LogP contribution >= 0.6 is 0 Å². The highest BCUT2D eigenvalue weighted by Crippen LogP contribution is 2.23. The number of rotatable bonds is 9. The van der Waals surface area contributed by atoms with E-state index in [0.29, 0.717) is 11.5 Å². The van der Waals surface area contributed by atoms with E-state index in [4.69, 9.17) is 19.3 Å². The molecule has 3 rings (SSSR count). The lowest BCUT2D eigenvalue weighted by atomic mass is 10.1. The normalized spacial score (nSPS) is 11.8. The van der Waals surface area contributed by atoms with Crippen LogP contribution in [0.5, 0.6) is 11.5 Å². The lowest BCUT2D eigenvalue weighted by molar-refractivity contribution is -0.147. The number of hydrogen-bond donors (Lipinski definition) is 2. The standard InChI is InChI=1S/C28H29NO7/c1-28(2,3)36-27(33)29-24(26(32)34-18-20-7-5-4-6-8-20)17-19-9-13-22(14-10-19)35-23-15-11-21(12-16-23)25(30)31/h4-16,24H,17-18H2,1-3H3,(H,29,33)(H,30,31). The van der Waals surface area contributed by atoms with E-state index in [-0.39, 0.29) is 18.6 Å². The minimum absolute atomic E-state index is 0.0830. The highest BCUT2D eigenvalue weighted by atomic mass is 16.6. The number of carbonyl (C=O) groups is 3. The first-order valence-corrected chi connectivity index (χ1v) is 11.4. The number of ether oxygens (including phenoxy) is 3. The molecule has 188 valence electrons. The number of benzene rings is 3. The van der Waals surface area contributed by atoms with Crippen molar-refractivity contribution in [2.75, 3.05) is 0 Å². The fourth-order valence-electron chi connectivity index (χ4n) is 3.20. The Hall–Kier alpha value is -4.33. The molecular formula is C28H29NO7. The van der Waals surface area contributed by atoms with Crippen molar-refractivity contribution < 1.29 is 33.7 Å². The zero-order chi connectivity index (χ0) is 26.1. The maximum absolute atomic E-state index is 12.8. The van der Waals surface area contributed by atoms with Gasteiger partial charge in [-0.25, -0.2) is 14.4 Å². The van der Waals surface area contributed by atoms with Crippen LogP contribution in [-0.4, -0.2) is 34.8 Å². The van der Waals surface area contributed by atoms with Gasteiger partial charge in [-0.2, -0.15) is 0 Å². The number of nitrogens with one attached hydrogen (secondary N) is 1. The topological polar surface area (TPSA) is 111 Å². The number of esters is 1. The molecule has 36 heavy (non-hydrogen) atoms. The molecule has 1 unspecified atom stereocenters. The largest absolute Gasteiger partial charge is 0.478 e. The molecule has 0 aliphatic heterocycles. The molecule has 3 aromatic rings. The second-order valence-corrected chi connectivity index (χ2v) is 9.07. The summed E-state index contributed by atoms with van der Waals surface area (Å²) in [5, 5.41) is 11.6. The molecule has 0 spiro atoms. The Labute approximate surface area is 209 Å². The molecular weight excluding hydrogens is 462 g/mol. The molecule has 0 aliphatic carbocycles. The van der Waals surface area contributed by atoms with Gasteiger partial charge in [0.15, 0.2) is 0 Å². The van der Waals surface area contributed by atoms with Crippen LogP contribution in [0.3, 0.4) is 0 Å². The fraction of sp³-hybridized carbons (Fsp3) is 0.250. The van der Waals surface area contributed by atoms with Crippen LogP contribution in [0.25, 0.3) is 0 Å². The van der Waals surface area contributed by atoms with E-state index >= 15 is 0 Å². The molecule has 0 heterocycles. The van der Waals surface area contributed by atoms with Gasteiger partial charge in [-0.3, -0.25) is 0 Å². The minimum Gasteiger partial charge on any atom is -0.478 e. The predicted molar refractivity (Wildman–Crippen MR) is 133 cm³/mol. The second kappa shape index (κ2) is 11.9. The zero-order valence-electron chi connectivity index (χ0n) is 20.4. The third kappa shape index (κ3) is 8.47. The lowest BCUT2D eigenvalue weighted by Crippen LogP contribution is -2.45. The van der Waals surface area contributed by atoms with Gasteiger partial charge in [0.05, 0.1) is 5.56 Å². The lowest BCUT2D eigenvalue weighted by Gasteiger charge is -2.23. The van der Waals surface area contributed by atoms with Gasteiger partial charge in [-0.05, 0) is 68.3 Å². The summed E-state index contributed by atoms with van der Waals surface area (Å²) in [6, 6.07) is 21.4. The van der Waals surface area contributed by atoms with Crippen molar-refractivity contribution in [3.63, 3.8) is 0 Å². The summed E-state index contributed by atoms with van der Waals surface area (Å²) in [6.45, 7) is 5.30. The van der Waals surface area contributed by atoms with Crippen LogP contribution in [0.2, 0.25) is 0 Å². The van der Waals surface area contributed by atoms with Gasteiger partial charge in [0, 0.05) is 6.42 Å². The highest BCUT2D eigenvalue weighted by molar-refractivity contribution is 5.87. The smallest absolute Gasteiger partial charge is 0.408 e. The monoisotopic (exact) mass is 491 g/mol. The predicted octanol–water partition coefficient (Wildman–Crippen LogP) is 5.36. The number of carboxylic acids is 1. The molecule has 1 atom stereocenters. The van der Waals surface area contributed by atoms with Crippen LogP contribution in [0.1, 0.15) is 42.3 Å². The number of carbonyl (C=O) groups excluding carboxylic acids is 2. The van der Waals surface area contributed by atoms with E-state index in [1.165, 1.54) is 12.1 Å². The van der Waals surface area contributed by atoms with E-state index in [1.807, 2.05) is 30.3 Å². The van der Waals surface area contributed by atoms with Gasteiger partial charge in [-0.15, -0.1) is 0 Å². The van der Waals surface area contributed by atoms with Crippen LogP contribution in [0.4, 0.5) is 4.79 Å². The third-order valence-corrected chi connectivity index (χ3v) is 4.90. The quantitative estimate of drug-likeness (QED) is 0.388. The van der Waals surface area contributed by atoms with Crippen LogP contribution in [0, 0.1) is 0 Å². The highest BCUT2D eigenvalue weighted by Gasteiger charge is 2.26. The summed E-state index contributed by atoms with van der Waals surface area (Å²) >= 11 is 0.